The van der Waals surface area contributed by atoms with Crippen molar-refractivity contribution in [3.8, 4) is 0 Å². The zero-order chi connectivity index (χ0) is 17.4. The lowest BCUT2D eigenvalue weighted by molar-refractivity contribution is 0.922. The summed E-state index contributed by atoms with van der Waals surface area (Å²) >= 11 is 0. The van der Waals surface area contributed by atoms with Gasteiger partial charge in [0.1, 0.15) is 0 Å². The maximum Gasteiger partial charge on any atom is 0.0537 e. The molecule has 0 aromatic carbocycles. The lowest BCUT2D eigenvalue weighted by Gasteiger charge is -2.08. The number of rotatable bonds is 1. The Labute approximate surface area is 149 Å². The van der Waals surface area contributed by atoms with Crippen molar-refractivity contribution in [1.82, 2.24) is 4.57 Å². The molecule has 0 bridgehead atoms. The minimum Gasteiger partial charge on any atom is -0.310 e. The van der Waals surface area contributed by atoms with Gasteiger partial charge in [-0.05, 0) is 36.0 Å². The van der Waals surface area contributed by atoms with Crippen LogP contribution in [0.5, 0.6) is 0 Å². The Bertz CT molecular complexity index is 1010. The van der Waals surface area contributed by atoms with E-state index in [-0.39, 0.29) is 0 Å². The Morgan fingerprint density at radius 2 is 1.16 bits per heavy atom. The molecule has 3 atom stereocenters. The molecular weight excluding hydrogens is 302 g/mol. The van der Waals surface area contributed by atoms with Gasteiger partial charge in [-0.3, -0.25) is 0 Å². The van der Waals surface area contributed by atoms with Crippen molar-refractivity contribution in [2.45, 2.75) is 20.8 Å². The molecular formula is C24H25N. The Balaban J connectivity index is 2.16. The number of hydrogen-bond donors (Lipinski definition) is 0. The van der Waals surface area contributed by atoms with Gasteiger partial charge in [0.05, 0.1) is 10.7 Å². The summed E-state index contributed by atoms with van der Waals surface area (Å²) in [4.78, 5) is 0. The molecule has 25 heavy (non-hydrogen) atoms. The Hall–Kier alpha value is -2.54. The summed E-state index contributed by atoms with van der Waals surface area (Å²) in [6, 6.07) is 0. The highest BCUT2D eigenvalue weighted by Gasteiger charge is 2.12. The van der Waals surface area contributed by atoms with Gasteiger partial charge in [-0.15, -0.1) is 0 Å². The standard InChI is InChI=1S/C24H25N/c1-17-8-4-5-11-20(14-17)25-23-12-6-9-18(2)15-21(23)22-16-19(3)10-7-13-24(22)25/h4-19H,1-3H3. The first-order valence-corrected chi connectivity index (χ1v) is 9.22. The van der Waals surface area contributed by atoms with Crippen LogP contribution < -0.4 is 21.1 Å². The van der Waals surface area contributed by atoms with Crippen molar-refractivity contribution in [1.29, 1.82) is 0 Å². The van der Waals surface area contributed by atoms with Crippen LogP contribution in [0.25, 0.3) is 30.0 Å². The molecule has 3 aliphatic rings. The van der Waals surface area contributed by atoms with E-state index < -0.39 is 0 Å². The molecule has 1 aromatic rings. The Morgan fingerprint density at radius 3 is 1.76 bits per heavy atom. The van der Waals surface area contributed by atoms with Crippen LogP contribution in [0.2, 0.25) is 0 Å². The lowest BCUT2D eigenvalue weighted by Crippen LogP contribution is -2.38. The molecule has 0 spiro atoms. The second kappa shape index (κ2) is 6.40. The van der Waals surface area contributed by atoms with Crippen molar-refractivity contribution in [2.24, 2.45) is 17.8 Å². The molecule has 0 saturated carbocycles. The van der Waals surface area contributed by atoms with Gasteiger partial charge < -0.3 is 4.57 Å². The van der Waals surface area contributed by atoms with Crippen LogP contribution in [0, 0.1) is 17.8 Å². The van der Waals surface area contributed by atoms with Gasteiger partial charge in [0, 0.05) is 16.1 Å². The molecule has 3 unspecified atom stereocenters. The predicted octanol–water partition coefficient (Wildman–Crippen LogP) is 2.62. The minimum atomic E-state index is 0.423. The first-order chi connectivity index (χ1) is 12.1. The molecule has 1 aromatic heterocycles. The maximum atomic E-state index is 2.42. The van der Waals surface area contributed by atoms with Gasteiger partial charge in [-0.1, -0.05) is 81.5 Å². The lowest BCUT2D eigenvalue weighted by atomic mass is 10.1. The maximum absolute atomic E-state index is 2.42. The summed E-state index contributed by atoms with van der Waals surface area (Å²) in [5.41, 5.74) is 1.25. The van der Waals surface area contributed by atoms with E-state index in [1.165, 1.54) is 26.8 Å². The summed E-state index contributed by atoms with van der Waals surface area (Å²) in [6.07, 6.45) is 29.3. The van der Waals surface area contributed by atoms with Crippen LogP contribution in [-0.2, 0) is 0 Å². The van der Waals surface area contributed by atoms with E-state index >= 15 is 0 Å². The van der Waals surface area contributed by atoms with Gasteiger partial charge >= 0.3 is 0 Å². The largest absolute Gasteiger partial charge is 0.310 e. The molecule has 126 valence electrons. The highest BCUT2D eigenvalue weighted by Crippen LogP contribution is 2.13. The molecule has 1 heteroatoms. The second-order valence-electron chi connectivity index (χ2n) is 7.28. The molecule has 0 N–H and O–H groups in total. The number of allylic oxidation sites excluding steroid dienone is 10. The summed E-state index contributed by atoms with van der Waals surface area (Å²) < 4.78 is 2.42. The molecule has 0 saturated heterocycles. The van der Waals surface area contributed by atoms with E-state index in [1.54, 1.807) is 0 Å². The normalized spacial score (nSPS) is 26.7. The Kier molecular flexibility index (Phi) is 4.09. The average molecular weight is 327 g/mol. The molecule has 3 aliphatic carbocycles. The SMILES string of the molecule is CC1C=CC=CC(n2c3c(c4c2=CC=CC(C)C=4)=CC(C)C=CC=3)=C1. The predicted molar refractivity (Wildman–Crippen MR) is 109 cm³/mol. The average Bonchev–Trinajstić information content (AvgIpc) is 2.85. The zero-order valence-electron chi connectivity index (χ0n) is 15.2. The van der Waals surface area contributed by atoms with E-state index in [4.69, 9.17) is 0 Å². The molecule has 4 rings (SSSR count). The molecule has 0 radical (unpaired) electrons. The molecule has 0 fully saturated rings. The third-order valence-electron chi connectivity index (χ3n) is 5.01. The molecule has 0 amide bonds. The van der Waals surface area contributed by atoms with E-state index in [1.807, 2.05) is 0 Å². The minimum absolute atomic E-state index is 0.423. The van der Waals surface area contributed by atoms with Gasteiger partial charge in [-0.25, -0.2) is 0 Å². The smallest absolute Gasteiger partial charge is 0.0537 e. The molecule has 0 aliphatic heterocycles. The highest BCUT2D eigenvalue weighted by molar-refractivity contribution is 5.64. The first kappa shape index (κ1) is 16.0. The quantitative estimate of drug-likeness (QED) is 0.747. The first-order valence-electron chi connectivity index (χ1n) is 9.22. The van der Waals surface area contributed by atoms with Gasteiger partial charge in [0.15, 0.2) is 0 Å². The van der Waals surface area contributed by atoms with Crippen molar-refractivity contribution in [2.75, 3.05) is 0 Å². The van der Waals surface area contributed by atoms with E-state index in [0.29, 0.717) is 17.8 Å². The fourth-order valence-corrected chi connectivity index (χ4v) is 3.81. The van der Waals surface area contributed by atoms with Crippen LogP contribution in [0.3, 0.4) is 0 Å². The number of aromatic nitrogens is 1. The van der Waals surface area contributed by atoms with Gasteiger partial charge in [0.25, 0.3) is 0 Å². The third kappa shape index (κ3) is 2.95. The summed E-state index contributed by atoms with van der Waals surface area (Å²) in [7, 11) is 0. The van der Waals surface area contributed by atoms with Crippen molar-refractivity contribution in [3.05, 3.63) is 75.8 Å². The van der Waals surface area contributed by atoms with Crippen molar-refractivity contribution < 1.29 is 0 Å². The topological polar surface area (TPSA) is 4.93 Å². The van der Waals surface area contributed by atoms with Crippen LogP contribution in [0.1, 0.15) is 20.8 Å². The monoisotopic (exact) mass is 327 g/mol. The molecule has 1 nitrogen and oxygen atoms in total. The van der Waals surface area contributed by atoms with E-state index in [2.05, 4.69) is 104 Å². The van der Waals surface area contributed by atoms with E-state index in [9.17, 15) is 0 Å². The Morgan fingerprint density at radius 1 is 0.640 bits per heavy atom. The van der Waals surface area contributed by atoms with Gasteiger partial charge in [-0.2, -0.15) is 0 Å². The summed E-state index contributed by atoms with van der Waals surface area (Å²) in [6.45, 7) is 6.74. The van der Waals surface area contributed by atoms with Crippen LogP contribution in [-0.4, -0.2) is 4.57 Å². The fourth-order valence-electron chi connectivity index (χ4n) is 3.81. The fraction of sp³-hybridized carbons (Fsp3) is 0.250. The molecule has 1 heterocycles. The number of nitrogens with zero attached hydrogens (tertiary/aromatic N) is 1. The van der Waals surface area contributed by atoms with Crippen LogP contribution in [0.4, 0.5) is 0 Å². The summed E-state index contributed by atoms with van der Waals surface area (Å²) in [5.74, 6) is 1.31. The van der Waals surface area contributed by atoms with Crippen LogP contribution >= 0.6 is 0 Å². The van der Waals surface area contributed by atoms with Gasteiger partial charge in [0.2, 0.25) is 0 Å². The van der Waals surface area contributed by atoms with Crippen LogP contribution in [0.15, 0.2) is 54.7 Å². The highest BCUT2D eigenvalue weighted by atomic mass is 15.0. The van der Waals surface area contributed by atoms with Crippen molar-refractivity contribution in [3.63, 3.8) is 0 Å². The second-order valence-corrected chi connectivity index (χ2v) is 7.28. The third-order valence-corrected chi connectivity index (χ3v) is 5.01. The number of hydrogen-bond acceptors (Lipinski definition) is 0. The van der Waals surface area contributed by atoms with Crippen molar-refractivity contribution >= 4 is 30.0 Å². The van der Waals surface area contributed by atoms with E-state index in [0.717, 1.165) is 0 Å². The zero-order valence-corrected chi connectivity index (χ0v) is 15.2. The number of fused-ring (bicyclic) bond motifs is 3. The summed E-state index contributed by atoms with van der Waals surface area (Å²) in [5, 5.41) is 5.29.